The summed E-state index contributed by atoms with van der Waals surface area (Å²) in [5.74, 6) is -0.217. The molecule has 2 fully saturated rings. The number of morpholine rings is 1. The fourth-order valence-corrected chi connectivity index (χ4v) is 5.38. The predicted molar refractivity (Wildman–Crippen MR) is 105 cm³/mol. The van der Waals surface area contributed by atoms with E-state index >= 15 is 0 Å². The monoisotopic (exact) mass is 406 g/mol. The van der Waals surface area contributed by atoms with E-state index in [4.69, 9.17) is 4.74 Å². The Balaban J connectivity index is 1.76. The van der Waals surface area contributed by atoms with Gasteiger partial charge in [0.25, 0.3) is 5.91 Å². The number of rotatable bonds is 5. The Morgan fingerprint density at radius 2 is 1.93 bits per heavy atom. The molecule has 8 heteroatoms. The summed E-state index contributed by atoms with van der Waals surface area (Å²) in [5, 5.41) is 2.95. The molecule has 4 rings (SSSR count). The number of amides is 1. The summed E-state index contributed by atoms with van der Waals surface area (Å²) in [4.78, 5) is 14.8. The minimum Gasteiger partial charge on any atom is -0.379 e. The smallest absolute Gasteiger partial charge is 0.251 e. The molecule has 6 nitrogen and oxygen atoms in total. The fraction of sp³-hybridized carbons (Fsp3) is 0.421. The first-order chi connectivity index (χ1) is 12.9. The van der Waals surface area contributed by atoms with E-state index in [2.05, 4.69) is 5.32 Å². The number of nitrogens with one attached hydrogen (secondary N) is 1. The second-order valence-corrected chi connectivity index (χ2v) is 10.1. The van der Waals surface area contributed by atoms with Gasteiger partial charge in [0.1, 0.15) is 0 Å². The van der Waals surface area contributed by atoms with Crippen LogP contribution in [0.15, 0.2) is 35.2 Å². The lowest BCUT2D eigenvalue weighted by atomic mass is 10.1. The third kappa shape index (κ3) is 4.08. The van der Waals surface area contributed by atoms with E-state index in [0.29, 0.717) is 31.9 Å². The molecule has 0 radical (unpaired) electrons. The lowest BCUT2D eigenvalue weighted by Crippen LogP contribution is -2.40. The van der Waals surface area contributed by atoms with Gasteiger partial charge in [-0.2, -0.15) is 4.31 Å². The minimum absolute atomic E-state index is 0.161. The highest BCUT2D eigenvalue weighted by Crippen LogP contribution is 2.32. The molecule has 2 heterocycles. The molecular weight excluding hydrogens is 384 g/mol. The molecule has 0 atom stereocenters. The number of benzene rings is 1. The van der Waals surface area contributed by atoms with E-state index in [1.165, 1.54) is 10.4 Å². The normalized spacial score (nSPS) is 18.4. The number of hydrogen-bond donors (Lipinski definition) is 1. The number of carbonyl (C=O) groups is 1. The maximum Gasteiger partial charge on any atom is 0.251 e. The quantitative estimate of drug-likeness (QED) is 0.828. The number of hydrogen-bond acceptors (Lipinski definition) is 5. The van der Waals surface area contributed by atoms with E-state index in [0.717, 1.165) is 28.2 Å². The second-order valence-electron chi connectivity index (χ2n) is 6.92. The Bertz CT molecular complexity index is 958. The average molecular weight is 407 g/mol. The summed E-state index contributed by atoms with van der Waals surface area (Å²) in [6.07, 6.45) is 1.96. The highest BCUT2D eigenvalue weighted by Gasteiger charge is 2.29. The predicted octanol–water partition coefficient (Wildman–Crippen LogP) is 2.64. The zero-order valence-corrected chi connectivity index (χ0v) is 16.7. The molecule has 1 aliphatic heterocycles. The van der Waals surface area contributed by atoms with Crippen LogP contribution in [0.4, 0.5) is 0 Å². The third-order valence-corrected chi connectivity index (χ3v) is 7.64. The van der Waals surface area contributed by atoms with Crippen LogP contribution in [-0.4, -0.2) is 51.0 Å². The summed E-state index contributed by atoms with van der Waals surface area (Å²) < 4.78 is 33.0. The third-order valence-electron chi connectivity index (χ3n) is 4.71. The molecule has 1 N–H and O–H groups in total. The van der Waals surface area contributed by atoms with Crippen LogP contribution < -0.4 is 5.32 Å². The number of aryl methyl sites for hydroxylation is 1. The minimum atomic E-state index is -3.68. The van der Waals surface area contributed by atoms with E-state index in [1.54, 1.807) is 23.5 Å². The molecule has 0 spiro atoms. The molecule has 1 saturated heterocycles. The standard InChI is InChI=1S/C19H22N2O4S2/c1-13-2-5-18(26-13)14-10-15(19(22)20-16-3-4-16)12-17(11-14)27(23,24)21-6-8-25-9-7-21/h2,5,10-12,16H,3-4,6-9H2,1H3,(H,20,22). The number of ether oxygens (including phenoxy) is 1. The first-order valence-corrected chi connectivity index (χ1v) is 11.3. The Labute approximate surface area is 163 Å². The van der Waals surface area contributed by atoms with E-state index < -0.39 is 10.0 Å². The Morgan fingerprint density at radius 3 is 2.56 bits per heavy atom. The van der Waals surface area contributed by atoms with Gasteiger partial charge in [-0.1, -0.05) is 0 Å². The van der Waals surface area contributed by atoms with Crippen LogP contribution in [0, 0.1) is 6.92 Å². The zero-order chi connectivity index (χ0) is 19.0. The van der Waals surface area contributed by atoms with Gasteiger partial charge in [-0.15, -0.1) is 11.3 Å². The van der Waals surface area contributed by atoms with Crippen LogP contribution in [0.1, 0.15) is 28.1 Å². The van der Waals surface area contributed by atoms with Crippen LogP contribution in [0.2, 0.25) is 0 Å². The molecule has 144 valence electrons. The maximum absolute atomic E-state index is 13.1. The van der Waals surface area contributed by atoms with Crippen molar-refractivity contribution < 1.29 is 17.9 Å². The van der Waals surface area contributed by atoms with Crippen molar-refractivity contribution >= 4 is 27.3 Å². The zero-order valence-electron chi connectivity index (χ0n) is 15.1. The largest absolute Gasteiger partial charge is 0.379 e. The topological polar surface area (TPSA) is 75.7 Å². The molecule has 1 aromatic carbocycles. The molecule has 1 aliphatic carbocycles. The molecule has 27 heavy (non-hydrogen) atoms. The van der Waals surface area contributed by atoms with Crippen LogP contribution >= 0.6 is 11.3 Å². The van der Waals surface area contributed by atoms with Crippen molar-refractivity contribution in [2.45, 2.75) is 30.7 Å². The van der Waals surface area contributed by atoms with Crippen molar-refractivity contribution in [2.75, 3.05) is 26.3 Å². The van der Waals surface area contributed by atoms with Gasteiger partial charge in [0.05, 0.1) is 18.1 Å². The van der Waals surface area contributed by atoms with Crippen molar-refractivity contribution in [2.24, 2.45) is 0 Å². The van der Waals surface area contributed by atoms with Gasteiger partial charge in [0, 0.05) is 34.4 Å². The molecule has 0 bridgehead atoms. The van der Waals surface area contributed by atoms with Gasteiger partial charge >= 0.3 is 0 Å². The Hall–Kier alpha value is -1.74. The van der Waals surface area contributed by atoms with Crippen molar-refractivity contribution in [3.05, 3.63) is 40.8 Å². The molecule has 0 unspecified atom stereocenters. The van der Waals surface area contributed by atoms with Crippen molar-refractivity contribution in [1.29, 1.82) is 0 Å². The number of carbonyl (C=O) groups excluding carboxylic acids is 1. The van der Waals surface area contributed by atoms with Gasteiger partial charge in [-0.25, -0.2) is 8.42 Å². The van der Waals surface area contributed by atoms with Crippen molar-refractivity contribution in [3.8, 4) is 10.4 Å². The molecule has 2 aliphatic rings. The first kappa shape index (κ1) is 18.6. The highest BCUT2D eigenvalue weighted by molar-refractivity contribution is 7.89. The summed E-state index contributed by atoms with van der Waals surface area (Å²) in [6.45, 7) is 3.43. The van der Waals surface area contributed by atoms with Crippen LogP contribution in [-0.2, 0) is 14.8 Å². The first-order valence-electron chi connectivity index (χ1n) is 9.04. The number of sulfonamides is 1. The fourth-order valence-electron chi connectivity index (χ4n) is 3.04. The van der Waals surface area contributed by atoms with Crippen molar-refractivity contribution in [3.63, 3.8) is 0 Å². The molecule has 2 aromatic rings. The average Bonchev–Trinajstić information content (AvgIpc) is 3.39. The van der Waals surface area contributed by atoms with Crippen LogP contribution in [0.5, 0.6) is 0 Å². The summed E-state index contributed by atoms with van der Waals surface area (Å²) in [7, 11) is -3.68. The maximum atomic E-state index is 13.1. The van der Waals surface area contributed by atoms with Gasteiger partial charge in [0.2, 0.25) is 10.0 Å². The van der Waals surface area contributed by atoms with E-state index in [1.807, 2.05) is 19.1 Å². The molecule has 1 saturated carbocycles. The van der Waals surface area contributed by atoms with Crippen LogP contribution in [0.25, 0.3) is 10.4 Å². The summed E-state index contributed by atoms with van der Waals surface area (Å²) in [6, 6.07) is 9.11. The lowest BCUT2D eigenvalue weighted by Gasteiger charge is -2.26. The number of thiophene rings is 1. The van der Waals surface area contributed by atoms with E-state index in [9.17, 15) is 13.2 Å². The van der Waals surface area contributed by atoms with Gasteiger partial charge in [0.15, 0.2) is 0 Å². The lowest BCUT2D eigenvalue weighted by molar-refractivity contribution is 0.0730. The van der Waals surface area contributed by atoms with Gasteiger partial charge in [-0.05, 0) is 55.7 Å². The Morgan fingerprint density at radius 1 is 1.19 bits per heavy atom. The van der Waals surface area contributed by atoms with Crippen molar-refractivity contribution in [1.82, 2.24) is 9.62 Å². The van der Waals surface area contributed by atoms with Crippen LogP contribution in [0.3, 0.4) is 0 Å². The summed E-state index contributed by atoms with van der Waals surface area (Å²) in [5.41, 5.74) is 1.14. The van der Waals surface area contributed by atoms with Gasteiger partial charge in [-0.3, -0.25) is 4.79 Å². The molecule has 1 amide bonds. The second kappa shape index (κ2) is 7.35. The van der Waals surface area contributed by atoms with Gasteiger partial charge < -0.3 is 10.1 Å². The molecular formula is C19H22N2O4S2. The molecule has 1 aromatic heterocycles. The summed E-state index contributed by atoms with van der Waals surface area (Å²) >= 11 is 1.58. The highest BCUT2D eigenvalue weighted by atomic mass is 32.2. The number of nitrogens with zero attached hydrogens (tertiary/aromatic N) is 1. The van der Waals surface area contributed by atoms with E-state index in [-0.39, 0.29) is 16.8 Å². The SMILES string of the molecule is Cc1ccc(-c2cc(C(=O)NC3CC3)cc(S(=O)(=O)N3CCOCC3)c2)s1. The Kier molecular flexibility index (Phi) is 5.07.